The Labute approximate surface area is 238 Å². The summed E-state index contributed by atoms with van der Waals surface area (Å²) in [6, 6.07) is 16.3. The third kappa shape index (κ3) is 6.28. The average Bonchev–Trinajstić information content (AvgIpc) is 3.52. The Morgan fingerprint density at radius 2 is 1.82 bits per heavy atom. The summed E-state index contributed by atoms with van der Waals surface area (Å²) >= 11 is 7.73. The highest BCUT2D eigenvalue weighted by atomic mass is 32.2. The number of H-pyrrole nitrogens is 1. The predicted molar refractivity (Wildman–Crippen MR) is 161 cm³/mol. The fourth-order valence-electron chi connectivity index (χ4n) is 4.90. The lowest BCUT2D eigenvalue weighted by molar-refractivity contribution is 0.464. The zero-order chi connectivity index (χ0) is 27.2. The Balaban J connectivity index is 1.43. The van der Waals surface area contributed by atoms with Crippen LogP contribution in [0.2, 0.25) is 0 Å². The second-order valence-corrected chi connectivity index (χ2v) is 11.4. The Morgan fingerprint density at radius 3 is 2.51 bits per heavy atom. The molecule has 1 N–H and O–H groups in total. The van der Waals surface area contributed by atoms with Crippen molar-refractivity contribution in [2.24, 2.45) is 0 Å². The summed E-state index contributed by atoms with van der Waals surface area (Å²) < 4.78 is 1.86. The lowest BCUT2D eigenvalue weighted by Gasteiger charge is -2.29. The molecule has 1 aliphatic heterocycles. The first-order valence-corrected chi connectivity index (χ1v) is 15.0. The van der Waals surface area contributed by atoms with E-state index in [9.17, 15) is 4.79 Å². The van der Waals surface area contributed by atoms with E-state index < -0.39 is 0 Å². The monoisotopic (exact) mass is 559 g/mol. The van der Waals surface area contributed by atoms with Crippen LogP contribution in [-0.4, -0.2) is 64.7 Å². The molecule has 202 valence electrons. The van der Waals surface area contributed by atoms with E-state index in [1.165, 1.54) is 0 Å². The number of nitrogens with zero attached hydrogens (tertiary/aromatic N) is 6. The highest BCUT2D eigenvalue weighted by molar-refractivity contribution is 7.99. The molecule has 10 heteroatoms. The van der Waals surface area contributed by atoms with Gasteiger partial charge in [-0.2, -0.15) is 17.0 Å². The number of tetrazole rings is 1. The first kappa shape index (κ1) is 27.2. The van der Waals surface area contributed by atoms with Crippen molar-refractivity contribution in [2.45, 2.75) is 46.1 Å². The molecule has 39 heavy (non-hydrogen) atoms. The largest absolute Gasteiger partial charge is 0.364 e. The Morgan fingerprint density at radius 1 is 1.08 bits per heavy atom. The highest BCUT2D eigenvalue weighted by Gasteiger charge is 2.20. The molecule has 0 atom stereocenters. The second kappa shape index (κ2) is 12.7. The van der Waals surface area contributed by atoms with Gasteiger partial charge < -0.3 is 4.90 Å². The van der Waals surface area contributed by atoms with Crippen LogP contribution in [0.15, 0.2) is 53.3 Å². The van der Waals surface area contributed by atoms with E-state index in [2.05, 4.69) is 56.7 Å². The maximum absolute atomic E-state index is 13.9. The van der Waals surface area contributed by atoms with Gasteiger partial charge in [0.1, 0.15) is 5.82 Å². The first-order chi connectivity index (χ1) is 19.0. The van der Waals surface area contributed by atoms with Gasteiger partial charge in [-0.15, -0.1) is 10.2 Å². The molecule has 5 rings (SSSR count). The van der Waals surface area contributed by atoms with Gasteiger partial charge in [0.2, 0.25) is 5.82 Å². The van der Waals surface area contributed by atoms with Gasteiger partial charge in [-0.1, -0.05) is 74.1 Å². The molecular formula is C29H33N7OS2. The van der Waals surface area contributed by atoms with Gasteiger partial charge in [0.25, 0.3) is 5.56 Å². The summed E-state index contributed by atoms with van der Waals surface area (Å²) in [5.74, 6) is 3.55. The number of hydrogen-bond donors (Lipinski definition) is 1. The van der Waals surface area contributed by atoms with Gasteiger partial charge in [-0.3, -0.25) is 9.36 Å². The second-order valence-electron chi connectivity index (χ2n) is 9.73. The predicted octanol–water partition coefficient (Wildman–Crippen LogP) is 4.71. The number of aromatic amines is 1. The van der Waals surface area contributed by atoms with Crippen LogP contribution in [0.25, 0.3) is 22.5 Å². The number of aryl methyl sites for hydroxylation is 2. The van der Waals surface area contributed by atoms with E-state index in [4.69, 9.17) is 17.2 Å². The van der Waals surface area contributed by atoms with Crippen LogP contribution in [0.3, 0.4) is 0 Å². The quantitative estimate of drug-likeness (QED) is 0.295. The molecule has 3 heterocycles. The Hall–Kier alpha value is -3.37. The number of rotatable bonds is 9. The normalized spacial score (nSPS) is 13.5. The molecule has 0 spiro atoms. The molecule has 0 bridgehead atoms. The van der Waals surface area contributed by atoms with Gasteiger partial charge in [-0.25, -0.2) is 4.98 Å². The Bertz CT molecular complexity index is 1480. The van der Waals surface area contributed by atoms with Crippen molar-refractivity contribution in [3.8, 4) is 22.5 Å². The lowest BCUT2D eigenvalue weighted by atomic mass is 9.98. The highest BCUT2D eigenvalue weighted by Crippen LogP contribution is 2.29. The smallest absolute Gasteiger partial charge is 0.257 e. The van der Waals surface area contributed by atoms with E-state index in [0.717, 1.165) is 82.6 Å². The molecule has 2 aromatic heterocycles. The van der Waals surface area contributed by atoms with Crippen LogP contribution in [0.1, 0.15) is 42.4 Å². The van der Waals surface area contributed by atoms with E-state index in [0.29, 0.717) is 24.4 Å². The van der Waals surface area contributed by atoms with Crippen LogP contribution in [0.4, 0.5) is 0 Å². The molecule has 0 radical (unpaired) electrons. The van der Waals surface area contributed by atoms with Crippen LogP contribution < -0.4 is 5.56 Å². The van der Waals surface area contributed by atoms with Gasteiger partial charge in [0.05, 0.1) is 11.5 Å². The van der Waals surface area contributed by atoms with Crippen LogP contribution in [0.5, 0.6) is 0 Å². The fourth-order valence-corrected chi connectivity index (χ4v) is 6.13. The van der Waals surface area contributed by atoms with Gasteiger partial charge in [-0.05, 0) is 35.2 Å². The first-order valence-electron chi connectivity index (χ1n) is 13.4. The van der Waals surface area contributed by atoms with Crippen LogP contribution in [0, 0.1) is 6.92 Å². The molecule has 0 saturated carbocycles. The summed E-state index contributed by atoms with van der Waals surface area (Å²) in [6.45, 7) is 6.46. The average molecular weight is 560 g/mol. The van der Waals surface area contributed by atoms with Crippen LogP contribution >= 0.6 is 24.0 Å². The summed E-state index contributed by atoms with van der Waals surface area (Å²) in [4.78, 5) is 21.9. The van der Waals surface area contributed by atoms with Crippen molar-refractivity contribution in [2.75, 3.05) is 24.6 Å². The van der Waals surface area contributed by atoms with Gasteiger partial charge >= 0.3 is 0 Å². The van der Waals surface area contributed by atoms with Crippen molar-refractivity contribution >= 4 is 29.0 Å². The summed E-state index contributed by atoms with van der Waals surface area (Å²) in [5, 5.41) is 14.5. The summed E-state index contributed by atoms with van der Waals surface area (Å²) in [5.41, 5.74) is 5.55. The fraction of sp³-hybridized carbons (Fsp3) is 0.379. The SMILES string of the molecule is CCCCc1nc(C)c(CC(=S)N2CCSCC2)c(=O)n1Cc1ccc(-c2ccccc2-c2nn[nH]n2)cc1. The molecule has 1 fully saturated rings. The zero-order valence-electron chi connectivity index (χ0n) is 22.4. The molecule has 0 amide bonds. The minimum absolute atomic E-state index is 0.0221. The molecule has 4 aromatic rings. The number of thioether (sulfide) groups is 1. The summed E-state index contributed by atoms with van der Waals surface area (Å²) in [7, 11) is 0. The number of benzene rings is 2. The van der Waals surface area contributed by atoms with Gasteiger partial charge in [0, 0.05) is 54.3 Å². The molecule has 0 unspecified atom stereocenters. The molecule has 1 aliphatic rings. The molecule has 1 saturated heterocycles. The standard InChI is InChI=1S/C29H33N7OS2/c1-3-4-9-26-30-20(2)25(18-27(38)35-14-16-39-17-15-35)29(37)36(26)19-21-10-12-22(13-11-21)23-7-5-6-8-24(23)28-31-33-34-32-28/h5-8,10-13H,3-4,9,14-19H2,1-2H3,(H,31,32,33,34). The molecular weight excluding hydrogens is 527 g/mol. The van der Waals surface area contributed by atoms with E-state index in [1.807, 2.05) is 47.5 Å². The van der Waals surface area contributed by atoms with E-state index >= 15 is 0 Å². The van der Waals surface area contributed by atoms with Crippen molar-refractivity contribution < 1.29 is 0 Å². The maximum Gasteiger partial charge on any atom is 0.257 e. The Kier molecular flexibility index (Phi) is 8.83. The lowest BCUT2D eigenvalue weighted by Crippen LogP contribution is -2.39. The maximum atomic E-state index is 13.9. The number of aromatic nitrogens is 6. The number of thiocarbonyl (C=S) groups is 1. The van der Waals surface area contributed by atoms with Crippen molar-refractivity contribution in [1.29, 1.82) is 0 Å². The third-order valence-corrected chi connectivity index (χ3v) is 8.46. The van der Waals surface area contributed by atoms with E-state index in [1.54, 1.807) is 0 Å². The number of hydrogen-bond acceptors (Lipinski definition) is 7. The minimum atomic E-state index is 0.0221. The zero-order valence-corrected chi connectivity index (χ0v) is 24.0. The molecule has 8 nitrogen and oxygen atoms in total. The van der Waals surface area contributed by atoms with Crippen molar-refractivity contribution in [1.82, 2.24) is 35.1 Å². The molecule has 2 aromatic carbocycles. The molecule has 0 aliphatic carbocycles. The van der Waals surface area contributed by atoms with Crippen molar-refractivity contribution in [3.05, 3.63) is 81.5 Å². The number of nitrogens with one attached hydrogen (secondary N) is 1. The minimum Gasteiger partial charge on any atom is -0.364 e. The summed E-state index contributed by atoms with van der Waals surface area (Å²) in [6.07, 6.45) is 3.28. The number of unbranched alkanes of at least 4 members (excludes halogenated alkanes) is 1. The third-order valence-electron chi connectivity index (χ3n) is 7.11. The van der Waals surface area contributed by atoms with Crippen molar-refractivity contribution in [3.63, 3.8) is 0 Å². The van der Waals surface area contributed by atoms with E-state index in [-0.39, 0.29) is 5.56 Å². The van der Waals surface area contributed by atoms with Gasteiger partial charge in [0.15, 0.2) is 0 Å². The topological polar surface area (TPSA) is 92.6 Å². The van der Waals surface area contributed by atoms with Crippen LogP contribution in [-0.2, 0) is 19.4 Å².